The first-order valence-corrected chi connectivity index (χ1v) is 9.86. The van der Waals surface area contributed by atoms with Crippen LogP contribution in [0.2, 0.25) is 0 Å². The first-order chi connectivity index (χ1) is 15.2. The minimum Gasteiger partial charge on any atom is -0.508 e. The monoisotopic (exact) mass is 415 g/mol. The number of phenolic OH excluding ortho intramolecular Hbond substituents is 1. The fourth-order valence-corrected chi connectivity index (χ4v) is 3.10. The highest BCUT2D eigenvalue weighted by molar-refractivity contribution is 6.18. The summed E-state index contributed by atoms with van der Waals surface area (Å²) in [4.78, 5) is 13.0. The Morgan fingerprint density at radius 1 is 1.06 bits per heavy atom. The molecule has 1 amide bonds. The zero-order valence-corrected chi connectivity index (χ0v) is 16.7. The van der Waals surface area contributed by atoms with Crippen molar-refractivity contribution < 1.29 is 14.3 Å². The molecule has 31 heavy (non-hydrogen) atoms. The van der Waals surface area contributed by atoms with Crippen molar-refractivity contribution in [3.05, 3.63) is 84.3 Å². The highest BCUT2D eigenvalue weighted by Gasteiger charge is 2.19. The zero-order chi connectivity index (χ0) is 21.5. The van der Waals surface area contributed by atoms with Crippen molar-refractivity contribution in [1.29, 1.82) is 0 Å². The van der Waals surface area contributed by atoms with E-state index in [2.05, 4.69) is 20.8 Å². The van der Waals surface area contributed by atoms with Gasteiger partial charge in [0, 0.05) is 18.2 Å². The predicted molar refractivity (Wildman–Crippen MR) is 116 cm³/mol. The predicted octanol–water partition coefficient (Wildman–Crippen LogP) is 3.39. The molecule has 0 saturated carbocycles. The van der Waals surface area contributed by atoms with E-state index in [1.54, 1.807) is 30.3 Å². The van der Waals surface area contributed by atoms with Crippen LogP contribution in [-0.2, 0) is 11.2 Å². The highest BCUT2D eigenvalue weighted by atomic mass is 16.3. The number of benzene rings is 2. The van der Waals surface area contributed by atoms with Crippen LogP contribution in [0.5, 0.6) is 5.75 Å². The van der Waals surface area contributed by atoms with Crippen molar-refractivity contribution in [3.63, 3.8) is 0 Å². The molecule has 0 atom stereocenters. The molecule has 2 heterocycles. The molecule has 8 heteroatoms. The minimum atomic E-state index is -0.313. The summed E-state index contributed by atoms with van der Waals surface area (Å²) in [5.41, 5.74) is 2.13. The van der Waals surface area contributed by atoms with Crippen LogP contribution < -0.4 is 5.32 Å². The highest BCUT2D eigenvalue weighted by Crippen LogP contribution is 2.20. The number of nitrogens with one attached hydrogen (secondary N) is 1. The van der Waals surface area contributed by atoms with Crippen molar-refractivity contribution in [1.82, 2.24) is 25.5 Å². The first-order valence-electron chi connectivity index (χ1n) is 9.86. The van der Waals surface area contributed by atoms with Crippen LogP contribution in [0.3, 0.4) is 0 Å². The normalized spacial score (nSPS) is 11.4. The molecular formula is C23H21N5O3. The smallest absolute Gasteiger partial charge is 0.270 e. The Kier molecular flexibility index (Phi) is 6.18. The fourth-order valence-electron chi connectivity index (χ4n) is 3.10. The number of aryl methyl sites for hydroxylation is 1. The van der Waals surface area contributed by atoms with Crippen LogP contribution >= 0.6 is 0 Å². The number of aromatic nitrogens is 4. The Hall–Kier alpha value is -4.20. The van der Waals surface area contributed by atoms with Gasteiger partial charge in [-0.15, -0.1) is 5.10 Å². The summed E-state index contributed by atoms with van der Waals surface area (Å²) < 4.78 is 6.80. The molecule has 0 unspecified atom stereocenters. The van der Waals surface area contributed by atoms with Gasteiger partial charge in [-0.2, -0.15) is 4.68 Å². The molecule has 0 aliphatic heterocycles. The largest absolute Gasteiger partial charge is 0.508 e. The second kappa shape index (κ2) is 9.53. The lowest BCUT2D eigenvalue weighted by atomic mass is 10.1. The van der Waals surface area contributed by atoms with Crippen LogP contribution in [0.25, 0.3) is 23.2 Å². The number of carbonyl (C=O) groups is 1. The first kappa shape index (κ1) is 20.1. The summed E-state index contributed by atoms with van der Waals surface area (Å²) in [7, 11) is 0. The molecule has 4 rings (SSSR count). The summed E-state index contributed by atoms with van der Waals surface area (Å²) in [5, 5.41) is 24.2. The van der Waals surface area contributed by atoms with Gasteiger partial charge in [0.15, 0.2) is 5.82 Å². The van der Waals surface area contributed by atoms with E-state index < -0.39 is 0 Å². The molecule has 0 spiro atoms. The van der Waals surface area contributed by atoms with Gasteiger partial charge in [0.05, 0.1) is 6.26 Å². The summed E-state index contributed by atoms with van der Waals surface area (Å²) in [6, 6.07) is 20.0. The Morgan fingerprint density at radius 2 is 1.87 bits per heavy atom. The number of rotatable bonds is 8. The fraction of sp³-hybridized carbons (Fsp3) is 0.130. The molecule has 0 radical (unpaired) electrons. The third-order valence-electron chi connectivity index (χ3n) is 4.65. The van der Waals surface area contributed by atoms with Gasteiger partial charge < -0.3 is 14.8 Å². The van der Waals surface area contributed by atoms with Crippen molar-refractivity contribution >= 4 is 17.7 Å². The van der Waals surface area contributed by atoms with E-state index in [0.717, 1.165) is 24.0 Å². The molecule has 8 nitrogen and oxygen atoms in total. The maximum atomic E-state index is 13.0. The Labute approximate surface area is 178 Å². The van der Waals surface area contributed by atoms with Gasteiger partial charge in [0.2, 0.25) is 0 Å². The van der Waals surface area contributed by atoms with Crippen LogP contribution in [0.4, 0.5) is 0 Å². The molecule has 2 aromatic heterocycles. The number of hydrogen-bond acceptors (Lipinski definition) is 6. The van der Waals surface area contributed by atoms with Gasteiger partial charge in [0.25, 0.3) is 5.91 Å². The SMILES string of the molecule is O=C(NCCCc1ccc(O)cc1)/C(=C/c1ccco1)n1nnnc1-c1ccccc1. The number of nitrogens with zero attached hydrogens (tertiary/aromatic N) is 4. The summed E-state index contributed by atoms with van der Waals surface area (Å²) in [5.74, 6) is 0.897. The van der Waals surface area contributed by atoms with E-state index in [-0.39, 0.29) is 17.4 Å². The third-order valence-corrected chi connectivity index (χ3v) is 4.65. The van der Waals surface area contributed by atoms with Gasteiger partial charge in [-0.05, 0) is 53.1 Å². The lowest BCUT2D eigenvalue weighted by Crippen LogP contribution is -2.28. The van der Waals surface area contributed by atoms with Crippen LogP contribution in [0.1, 0.15) is 17.7 Å². The number of carbonyl (C=O) groups excluding carboxylic acids is 1. The Balaban J connectivity index is 1.51. The average molecular weight is 415 g/mol. The molecule has 0 aliphatic carbocycles. The van der Waals surface area contributed by atoms with Crippen LogP contribution in [-0.4, -0.2) is 37.8 Å². The van der Waals surface area contributed by atoms with Crippen molar-refractivity contribution in [2.45, 2.75) is 12.8 Å². The van der Waals surface area contributed by atoms with Crippen LogP contribution in [0, 0.1) is 0 Å². The number of amides is 1. The Morgan fingerprint density at radius 3 is 2.61 bits per heavy atom. The Bertz CT molecular complexity index is 1150. The average Bonchev–Trinajstić information content (AvgIpc) is 3.49. The van der Waals surface area contributed by atoms with E-state index in [1.165, 1.54) is 10.9 Å². The lowest BCUT2D eigenvalue weighted by Gasteiger charge is -2.10. The number of phenols is 1. The number of tetrazole rings is 1. The molecule has 4 aromatic rings. The summed E-state index contributed by atoms with van der Waals surface area (Å²) in [6.07, 6.45) is 4.67. The van der Waals surface area contributed by atoms with E-state index in [0.29, 0.717) is 18.1 Å². The van der Waals surface area contributed by atoms with Gasteiger partial charge in [-0.25, -0.2) is 0 Å². The molecule has 0 fully saturated rings. The molecule has 0 bridgehead atoms. The molecule has 0 saturated heterocycles. The van der Waals surface area contributed by atoms with E-state index in [1.807, 2.05) is 42.5 Å². The standard InChI is InChI=1S/C23H21N5O3/c29-19-12-10-17(11-13-19)6-4-14-24-23(30)21(16-20-9-5-15-31-20)28-22(25-26-27-28)18-7-2-1-3-8-18/h1-3,5,7-13,15-16,29H,4,6,14H2,(H,24,30)/b21-16-. The van der Waals surface area contributed by atoms with Gasteiger partial charge in [-0.1, -0.05) is 42.5 Å². The summed E-state index contributed by atoms with van der Waals surface area (Å²) in [6.45, 7) is 0.470. The lowest BCUT2D eigenvalue weighted by molar-refractivity contribution is -0.116. The second-order valence-electron chi connectivity index (χ2n) is 6.85. The number of aromatic hydroxyl groups is 1. The quantitative estimate of drug-likeness (QED) is 0.338. The zero-order valence-electron chi connectivity index (χ0n) is 16.7. The van der Waals surface area contributed by atoms with Gasteiger partial charge in [-0.3, -0.25) is 4.79 Å². The van der Waals surface area contributed by atoms with Crippen molar-refractivity contribution in [3.8, 4) is 17.1 Å². The van der Waals surface area contributed by atoms with Crippen molar-refractivity contribution in [2.75, 3.05) is 6.54 Å². The topological polar surface area (TPSA) is 106 Å². The number of furan rings is 1. The van der Waals surface area contributed by atoms with Crippen LogP contribution in [0.15, 0.2) is 77.4 Å². The minimum absolute atomic E-state index is 0.236. The maximum Gasteiger partial charge on any atom is 0.270 e. The second-order valence-corrected chi connectivity index (χ2v) is 6.85. The molecule has 2 N–H and O–H groups in total. The molecular weight excluding hydrogens is 394 g/mol. The molecule has 156 valence electrons. The van der Waals surface area contributed by atoms with Gasteiger partial charge in [0.1, 0.15) is 17.2 Å². The van der Waals surface area contributed by atoms with E-state index >= 15 is 0 Å². The van der Waals surface area contributed by atoms with Crippen molar-refractivity contribution in [2.24, 2.45) is 0 Å². The maximum absolute atomic E-state index is 13.0. The summed E-state index contributed by atoms with van der Waals surface area (Å²) >= 11 is 0. The molecule has 2 aromatic carbocycles. The third kappa shape index (κ3) is 5.05. The van der Waals surface area contributed by atoms with E-state index in [9.17, 15) is 9.90 Å². The van der Waals surface area contributed by atoms with Gasteiger partial charge >= 0.3 is 0 Å². The van der Waals surface area contributed by atoms with E-state index in [4.69, 9.17) is 4.42 Å². The molecule has 0 aliphatic rings. The number of hydrogen-bond donors (Lipinski definition) is 2.